The van der Waals surface area contributed by atoms with Crippen LogP contribution in [0.5, 0.6) is 0 Å². The highest BCUT2D eigenvalue weighted by molar-refractivity contribution is 6.60. The Morgan fingerprint density at radius 3 is 1.96 bits per heavy atom. The van der Waals surface area contributed by atoms with Crippen LogP contribution in [0.4, 0.5) is 4.39 Å². The molecule has 0 aliphatic rings. The average molecular weight is 351 g/mol. The summed E-state index contributed by atoms with van der Waals surface area (Å²) in [6.45, 7) is 11.2. The summed E-state index contributed by atoms with van der Waals surface area (Å²) in [4.78, 5) is 0. The second-order valence-electron chi connectivity index (χ2n) is 6.22. The second kappa shape index (κ2) is 14.4. The minimum absolute atomic E-state index is 0.158. The molecule has 0 bridgehead atoms. The number of hydrogen-bond donors (Lipinski definition) is 0. The Morgan fingerprint density at radius 2 is 1.43 bits per heavy atom. The molecule has 0 spiro atoms. The number of unbranched alkanes of at least 4 members (excludes halogenated alkanes) is 5. The summed E-state index contributed by atoms with van der Waals surface area (Å²) >= 11 is 0. The third-order valence-electron chi connectivity index (χ3n) is 4.00. The molecule has 0 aromatic rings. The van der Waals surface area contributed by atoms with E-state index in [1.165, 1.54) is 25.7 Å². The molecule has 0 amide bonds. The van der Waals surface area contributed by atoms with Crippen LogP contribution in [-0.4, -0.2) is 34.3 Å². The first-order valence-corrected chi connectivity index (χ1v) is 11.6. The smallest absolute Gasteiger partial charge is 0.374 e. The van der Waals surface area contributed by atoms with E-state index in [1.54, 1.807) is 0 Å². The van der Waals surface area contributed by atoms with Crippen LogP contribution in [-0.2, 0) is 13.3 Å². The average Bonchev–Trinajstić information content (AvgIpc) is 2.51. The zero-order chi connectivity index (χ0) is 17.6. The van der Waals surface area contributed by atoms with Gasteiger partial charge in [0.05, 0.1) is 0 Å². The zero-order valence-corrected chi connectivity index (χ0v) is 17.0. The van der Waals surface area contributed by atoms with Gasteiger partial charge < -0.3 is 13.3 Å². The van der Waals surface area contributed by atoms with Crippen molar-refractivity contribution in [3.8, 4) is 0 Å². The molecule has 0 aliphatic carbocycles. The lowest BCUT2D eigenvalue weighted by Crippen LogP contribution is -2.47. The van der Waals surface area contributed by atoms with Crippen molar-refractivity contribution in [2.45, 2.75) is 104 Å². The Morgan fingerprint density at radius 1 is 0.870 bits per heavy atom. The minimum atomic E-state index is -2.62. The van der Waals surface area contributed by atoms with E-state index in [0.29, 0.717) is 26.1 Å². The Hall–Kier alpha value is 0.0269. The number of hydrogen-bond acceptors (Lipinski definition) is 3. The van der Waals surface area contributed by atoms with Crippen LogP contribution in [0, 0.1) is 0 Å². The molecule has 0 saturated heterocycles. The van der Waals surface area contributed by atoms with Gasteiger partial charge in [-0.05, 0) is 27.2 Å². The lowest BCUT2D eigenvalue weighted by atomic mass is 10.0. The van der Waals surface area contributed by atoms with Crippen molar-refractivity contribution in [3.05, 3.63) is 0 Å². The summed E-state index contributed by atoms with van der Waals surface area (Å²) in [5, 5.41) is 0. The Bertz CT molecular complexity index is 261. The summed E-state index contributed by atoms with van der Waals surface area (Å²) < 4.78 is 31.7. The van der Waals surface area contributed by atoms with E-state index in [0.717, 1.165) is 18.9 Å². The van der Waals surface area contributed by atoms with Gasteiger partial charge in [0.15, 0.2) is 0 Å². The Labute approximate surface area is 144 Å². The highest BCUT2D eigenvalue weighted by atomic mass is 28.4. The molecule has 3 nitrogen and oxygen atoms in total. The van der Waals surface area contributed by atoms with Crippen molar-refractivity contribution in [3.63, 3.8) is 0 Å². The highest BCUT2D eigenvalue weighted by Gasteiger charge is 2.40. The summed E-state index contributed by atoms with van der Waals surface area (Å²) in [5.74, 6) is 0. The molecule has 2 unspecified atom stereocenters. The largest absolute Gasteiger partial charge is 0.500 e. The molecule has 0 N–H and O–H groups in total. The second-order valence-corrected chi connectivity index (χ2v) is 9.11. The quantitative estimate of drug-likeness (QED) is 0.256. The first-order valence-electron chi connectivity index (χ1n) is 9.63. The lowest BCUT2D eigenvalue weighted by molar-refractivity contribution is 0.0275. The number of rotatable bonds is 16. The van der Waals surface area contributed by atoms with E-state index in [9.17, 15) is 4.39 Å². The van der Waals surface area contributed by atoms with Gasteiger partial charge in [-0.2, -0.15) is 0 Å². The van der Waals surface area contributed by atoms with E-state index in [4.69, 9.17) is 13.3 Å². The van der Waals surface area contributed by atoms with Crippen LogP contribution in [0.15, 0.2) is 0 Å². The maximum atomic E-state index is 14.1. The Kier molecular flexibility index (Phi) is 14.4. The van der Waals surface area contributed by atoms with Gasteiger partial charge in [0, 0.05) is 31.8 Å². The standard InChI is InChI=1S/C18H39FO3Si/c1-6-10-11-12-13-14-15-18(19)16-17(5)22-23(9-4,20-7-2)21-8-3/h17-18H,6-16H2,1-5H3. The summed E-state index contributed by atoms with van der Waals surface area (Å²) in [5.41, 5.74) is 0. The maximum Gasteiger partial charge on any atom is 0.500 e. The molecular formula is C18H39FO3Si. The van der Waals surface area contributed by atoms with E-state index < -0.39 is 15.0 Å². The fraction of sp³-hybridized carbons (Fsp3) is 1.00. The van der Waals surface area contributed by atoms with E-state index in [-0.39, 0.29) is 6.10 Å². The fourth-order valence-corrected chi connectivity index (χ4v) is 5.20. The van der Waals surface area contributed by atoms with Crippen LogP contribution < -0.4 is 0 Å². The lowest BCUT2D eigenvalue weighted by Gasteiger charge is -2.31. The first-order chi connectivity index (χ1) is 11.0. The SMILES string of the molecule is CCCCCCCCC(F)CC(C)O[Si](CC)(OCC)OCC. The molecule has 0 fully saturated rings. The molecule has 2 atom stereocenters. The van der Waals surface area contributed by atoms with Gasteiger partial charge in [-0.3, -0.25) is 0 Å². The van der Waals surface area contributed by atoms with Crippen LogP contribution in [0.2, 0.25) is 6.04 Å². The van der Waals surface area contributed by atoms with Crippen molar-refractivity contribution in [1.82, 2.24) is 0 Å². The highest BCUT2D eigenvalue weighted by Crippen LogP contribution is 2.22. The van der Waals surface area contributed by atoms with Gasteiger partial charge in [-0.1, -0.05) is 52.4 Å². The third kappa shape index (κ3) is 11.2. The topological polar surface area (TPSA) is 27.7 Å². The molecule has 0 aliphatic heterocycles. The molecule has 0 aromatic heterocycles. The fourth-order valence-electron chi connectivity index (χ4n) is 2.82. The summed E-state index contributed by atoms with van der Waals surface area (Å²) in [7, 11) is -2.62. The predicted molar refractivity (Wildman–Crippen MR) is 97.5 cm³/mol. The molecule has 0 rings (SSSR count). The number of halogens is 1. The van der Waals surface area contributed by atoms with E-state index in [1.807, 2.05) is 27.7 Å². The molecule has 0 radical (unpaired) electrons. The van der Waals surface area contributed by atoms with Gasteiger partial charge in [0.1, 0.15) is 6.17 Å². The maximum absolute atomic E-state index is 14.1. The monoisotopic (exact) mass is 350 g/mol. The third-order valence-corrected chi connectivity index (χ3v) is 7.09. The van der Waals surface area contributed by atoms with Crippen molar-refractivity contribution in [1.29, 1.82) is 0 Å². The number of alkyl halides is 1. The van der Waals surface area contributed by atoms with Gasteiger partial charge in [0.25, 0.3) is 0 Å². The Balaban J connectivity index is 4.06. The molecule has 0 saturated carbocycles. The van der Waals surface area contributed by atoms with Crippen LogP contribution in [0.3, 0.4) is 0 Å². The minimum Gasteiger partial charge on any atom is -0.374 e. The predicted octanol–water partition coefficient (Wildman–Crippen LogP) is 5.90. The van der Waals surface area contributed by atoms with E-state index >= 15 is 0 Å². The van der Waals surface area contributed by atoms with Crippen LogP contribution in [0.1, 0.15) is 86.0 Å². The first kappa shape index (κ1) is 23.0. The van der Waals surface area contributed by atoms with Crippen molar-refractivity contribution in [2.24, 2.45) is 0 Å². The van der Waals surface area contributed by atoms with Crippen LogP contribution in [0.25, 0.3) is 0 Å². The van der Waals surface area contributed by atoms with Gasteiger partial charge >= 0.3 is 8.80 Å². The van der Waals surface area contributed by atoms with Gasteiger partial charge in [0.2, 0.25) is 0 Å². The molecule has 23 heavy (non-hydrogen) atoms. The van der Waals surface area contributed by atoms with E-state index in [2.05, 4.69) is 6.92 Å². The van der Waals surface area contributed by atoms with Gasteiger partial charge in [-0.25, -0.2) is 4.39 Å². The van der Waals surface area contributed by atoms with Crippen molar-refractivity contribution in [2.75, 3.05) is 13.2 Å². The molecular weight excluding hydrogens is 311 g/mol. The van der Waals surface area contributed by atoms with Gasteiger partial charge in [-0.15, -0.1) is 0 Å². The van der Waals surface area contributed by atoms with Crippen LogP contribution >= 0.6 is 0 Å². The molecule has 5 heteroatoms. The van der Waals surface area contributed by atoms with Crippen molar-refractivity contribution < 1.29 is 17.7 Å². The molecule has 0 aromatic carbocycles. The molecule has 140 valence electrons. The normalized spacial score (nSPS) is 14.9. The van der Waals surface area contributed by atoms with Crippen molar-refractivity contribution >= 4 is 8.80 Å². The summed E-state index contributed by atoms with van der Waals surface area (Å²) in [6, 6.07) is 0.730. The molecule has 0 heterocycles. The zero-order valence-electron chi connectivity index (χ0n) is 16.0. The summed E-state index contributed by atoms with van der Waals surface area (Å²) in [6.07, 6.45) is 7.30.